The summed E-state index contributed by atoms with van der Waals surface area (Å²) in [5.74, 6) is 0.958. The maximum Gasteiger partial charge on any atom is 0.229 e. The number of fused-ring (bicyclic) bond motifs is 1. The molecule has 0 fully saturated rings. The molecule has 0 N–H and O–H groups in total. The van der Waals surface area contributed by atoms with Crippen LogP contribution in [0.5, 0.6) is 5.75 Å². The van der Waals surface area contributed by atoms with Crippen molar-refractivity contribution in [3.63, 3.8) is 0 Å². The van der Waals surface area contributed by atoms with E-state index in [0.717, 1.165) is 34.8 Å². The van der Waals surface area contributed by atoms with Crippen LogP contribution in [0.1, 0.15) is 41.0 Å². The summed E-state index contributed by atoms with van der Waals surface area (Å²) in [7, 11) is 1.68. The zero-order chi connectivity index (χ0) is 18.5. The van der Waals surface area contributed by atoms with Crippen molar-refractivity contribution in [3.8, 4) is 5.75 Å². The molecule has 0 bridgehead atoms. The van der Waals surface area contributed by atoms with Gasteiger partial charge in [-0.1, -0.05) is 24.3 Å². The molecular weight excluding hydrogens is 344 g/mol. The number of methoxy groups -OCH3 is 1. The van der Waals surface area contributed by atoms with Crippen molar-refractivity contribution in [3.05, 3.63) is 52.6 Å². The molecule has 0 saturated carbocycles. The normalized spacial score (nSPS) is 13.2. The van der Waals surface area contributed by atoms with Crippen molar-refractivity contribution in [1.29, 1.82) is 0 Å². The highest BCUT2D eigenvalue weighted by molar-refractivity contribution is 7.16. The summed E-state index contributed by atoms with van der Waals surface area (Å²) in [6.45, 7) is 6.33. The number of thiazole rings is 1. The zero-order valence-electron chi connectivity index (χ0n) is 15.6. The lowest BCUT2D eigenvalue weighted by Gasteiger charge is -2.18. The molecule has 0 radical (unpaired) electrons. The van der Waals surface area contributed by atoms with Crippen LogP contribution in [0.2, 0.25) is 0 Å². The summed E-state index contributed by atoms with van der Waals surface area (Å²) < 4.78 is 5.50. The smallest absolute Gasteiger partial charge is 0.229 e. The lowest BCUT2D eigenvalue weighted by atomic mass is 10.0. The third kappa shape index (κ3) is 3.98. The first kappa shape index (κ1) is 18.6. The van der Waals surface area contributed by atoms with Crippen LogP contribution < -0.4 is 9.64 Å². The van der Waals surface area contributed by atoms with Crippen molar-refractivity contribution >= 4 is 22.4 Å². The highest BCUT2D eigenvalue weighted by Gasteiger charge is 2.22. The maximum atomic E-state index is 12.9. The number of hydrogen-bond donors (Lipinski definition) is 0. The number of rotatable bonds is 7. The van der Waals surface area contributed by atoms with Crippen molar-refractivity contribution in [2.75, 3.05) is 18.6 Å². The van der Waals surface area contributed by atoms with Crippen LogP contribution in [-0.2, 0) is 24.1 Å². The fourth-order valence-corrected chi connectivity index (χ4v) is 4.62. The van der Waals surface area contributed by atoms with Crippen LogP contribution in [0.15, 0.2) is 30.9 Å². The summed E-state index contributed by atoms with van der Waals surface area (Å²) >= 11 is 1.67. The van der Waals surface area contributed by atoms with Crippen LogP contribution >= 0.6 is 11.3 Å². The molecule has 1 amide bonds. The standard InChI is InChI=1S/C21H26N2O2S/c1-4-14-23(21-22-17-10-5-6-11-18(17)26-21)19(24)13-12-16-9-7-8-15(2)20(16)25-3/h4,7-9H,1,5-6,10-14H2,2-3H3. The van der Waals surface area contributed by atoms with E-state index in [0.29, 0.717) is 19.4 Å². The number of carbonyl (C=O) groups excluding carboxylic acids is 1. The molecule has 138 valence electrons. The molecule has 0 saturated heterocycles. The summed E-state index contributed by atoms with van der Waals surface area (Å²) in [6.07, 6.45) is 7.38. The van der Waals surface area contributed by atoms with E-state index in [-0.39, 0.29) is 5.91 Å². The molecule has 1 aromatic heterocycles. The fraction of sp³-hybridized carbons (Fsp3) is 0.429. The van der Waals surface area contributed by atoms with Crippen molar-refractivity contribution in [1.82, 2.24) is 4.98 Å². The molecule has 0 aliphatic heterocycles. The van der Waals surface area contributed by atoms with Gasteiger partial charge in [-0.05, 0) is 50.2 Å². The van der Waals surface area contributed by atoms with Gasteiger partial charge in [0.25, 0.3) is 0 Å². The summed E-state index contributed by atoms with van der Waals surface area (Å²) in [6, 6.07) is 6.06. The Morgan fingerprint density at radius 2 is 2.19 bits per heavy atom. The first-order chi connectivity index (χ1) is 12.6. The zero-order valence-corrected chi connectivity index (χ0v) is 16.4. The van der Waals surface area contributed by atoms with Crippen molar-refractivity contribution < 1.29 is 9.53 Å². The maximum absolute atomic E-state index is 12.9. The SMILES string of the molecule is C=CCN(C(=O)CCc1cccc(C)c1OC)c1nc2c(s1)CCCC2. The number of aryl methyl sites for hydroxylation is 4. The Morgan fingerprint density at radius 3 is 2.92 bits per heavy atom. The van der Waals surface area contributed by atoms with Crippen LogP contribution in [0.3, 0.4) is 0 Å². The van der Waals surface area contributed by atoms with E-state index in [1.165, 1.54) is 23.4 Å². The van der Waals surface area contributed by atoms with Gasteiger partial charge in [-0.15, -0.1) is 17.9 Å². The van der Waals surface area contributed by atoms with E-state index >= 15 is 0 Å². The lowest BCUT2D eigenvalue weighted by Crippen LogP contribution is -2.31. The molecule has 26 heavy (non-hydrogen) atoms. The Balaban J connectivity index is 1.74. The predicted molar refractivity (Wildman–Crippen MR) is 107 cm³/mol. The monoisotopic (exact) mass is 370 g/mol. The molecular formula is C21H26N2O2S. The number of hydrogen-bond acceptors (Lipinski definition) is 4. The third-order valence-electron chi connectivity index (χ3n) is 4.78. The summed E-state index contributed by atoms with van der Waals surface area (Å²) in [4.78, 5) is 20.8. The average molecular weight is 371 g/mol. The fourth-order valence-electron chi connectivity index (χ4n) is 3.45. The van der Waals surface area contributed by atoms with Gasteiger partial charge in [-0.25, -0.2) is 4.98 Å². The Hall–Kier alpha value is -2.14. The van der Waals surface area contributed by atoms with E-state index in [9.17, 15) is 4.79 Å². The van der Waals surface area contributed by atoms with Gasteiger partial charge in [0.2, 0.25) is 5.91 Å². The minimum atomic E-state index is 0.0829. The van der Waals surface area contributed by atoms with Crippen LogP contribution in [0.4, 0.5) is 5.13 Å². The second-order valence-corrected chi connectivity index (χ2v) is 7.70. The minimum Gasteiger partial charge on any atom is -0.496 e. The van der Waals surface area contributed by atoms with Gasteiger partial charge in [0.05, 0.1) is 12.8 Å². The highest BCUT2D eigenvalue weighted by atomic mass is 32.1. The van der Waals surface area contributed by atoms with E-state index in [1.807, 2.05) is 25.1 Å². The molecule has 0 spiro atoms. The molecule has 1 aliphatic carbocycles. The largest absolute Gasteiger partial charge is 0.496 e. The molecule has 1 aromatic carbocycles. The van der Waals surface area contributed by atoms with Gasteiger partial charge < -0.3 is 4.74 Å². The Kier molecular flexibility index (Phi) is 6.09. The Morgan fingerprint density at radius 1 is 1.38 bits per heavy atom. The minimum absolute atomic E-state index is 0.0829. The van der Waals surface area contributed by atoms with Crippen molar-refractivity contribution in [2.24, 2.45) is 0 Å². The van der Waals surface area contributed by atoms with Gasteiger partial charge in [-0.2, -0.15) is 0 Å². The third-order valence-corrected chi connectivity index (χ3v) is 5.96. The Labute approximate surface area is 159 Å². The van der Waals surface area contributed by atoms with E-state index in [1.54, 1.807) is 29.4 Å². The van der Waals surface area contributed by atoms with E-state index < -0.39 is 0 Å². The number of benzene rings is 1. The second-order valence-electron chi connectivity index (χ2n) is 6.63. The van der Waals surface area contributed by atoms with E-state index in [4.69, 9.17) is 9.72 Å². The highest BCUT2D eigenvalue weighted by Crippen LogP contribution is 2.32. The topological polar surface area (TPSA) is 42.4 Å². The van der Waals surface area contributed by atoms with Crippen LogP contribution in [-0.4, -0.2) is 24.5 Å². The quantitative estimate of drug-likeness (QED) is 0.674. The molecule has 1 aliphatic rings. The second kappa shape index (κ2) is 8.49. The van der Waals surface area contributed by atoms with E-state index in [2.05, 4.69) is 6.58 Å². The number of carbonyl (C=O) groups is 1. The molecule has 0 unspecified atom stereocenters. The number of ether oxygens (including phenoxy) is 1. The van der Waals surface area contributed by atoms with Gasteiger partial charge >= 0.3 is 0 Å². The molecule has 1 heterocycles. The van der Waals surface area contributed by atoms with Crippen molar-refractivity contribution in [2.45, 2.75) is 45.4 Å². The van der Waals surface area contributed by atoms with Gasteiger partial charge in [0.1, 0.15) is 5.75 Å². The predicted octanol–water partition coefficient (Wildman–Crippen LogP) is 4.49. The number of nitrogens with zero attached hydrogens (tertiary/aromatic N) is 2. The van der Waals surface area contributed by atoms with Crippen LogP contribution in [0, 0.1) is 6.92 Å². The number of amides is 1. The van der Waals surface area contributed by atoms with Gasteiger partial charge in [-0.3, -0.25) is 9.69 Å². The van der Waals surface area contributed by atoms with Gasteiger partial charge in [0.15, 0.2) is 5.13 Å². The molecule has 2 aromatic rings. The number of anilines is 1. The number of aromatic nitrogens is 1. The van der Waals surface area contributed by atoms with Gasteiger partial charge in [0, 0.05) is 17.8 Å². The molecule has 0 atom stereocenters. The molecule has 4 nitrogen and oxygen atoms in total. The Bertz CT molecular complexity index is 774. The molecule has 5 heteroatoms. The average Bonchev–Trinajstić information content (AvgIpc) is 3.07. The number of para-hydroxylation sites is 1. The summed E-state index contributed by atoms with van der Waals surface area (Å²) in [5.41, 5.74) is 3.34. The first-order valence-electron chi connectivity index (χ1n) is 9.16. The molecule has 3 rings (SSSR count). The van der Waals surface area contributed by atoms with Crippen LogP contribution in [0.25, 0.3) is 0 Å². The summed E-state index contributed by atoms with van der Waals surface area (Å²) in [5, 5.41) is 0.818. The first-order valence-corrected chi connectivity index (χ1v) is 9.98. The lowest BCUT2D eigenvalue weighted by molar-refractivity contribution is -0.118.